The molecule has 1 aliphatic carbocycles. The zero-order valence-electron chi connectivity index (χ0n) is 34.5. The summed E-state index contributed by atoms with van der Waals surface area (Å²) in [5, 5.41) is 40.9. The van der Waals surface area contributed by atoms with Gasteiger partial charge in [0.05, 0.1) is 40.5 Å². The van der Waals surface area contributed by atoms with Gasteiger partial charge in [-0.25, -0.2) is 4.98 Å². The van der Waals surface area contributed by atoms with E-state index < -0.39 is 18.1 Å². The number of aromatic nitrogens is 4. The van der Waals surface area contributed by atoms with Crippen molar-refractivity contribution in [1.29, 1.82) is 0 Å². The average Bonchev–Trinajstić information content (AvgIpc) is 4.07. The number of nitrogens with zero attached hydrogens (tertiary/aromatic N) is 5. The lowest BCUT2D eigenvalue weighted by atomic mass is 9.86. The quantitative estimate of drug-likeness (QED) is 0.0882. The van der Waals surface area contributed by atoms with E-state index in [1.165, 1.54) is 9.78 Å². The molecule has 318 valence electrons. The predicted molar refractivity (Wildman–Crippen MR) is 232 cm³/mol. The van der Waals surface area contributed by atoms with Gasteiger partial charge in [-0.3, -0.25) is 14.4 Å². The molecule has 1 saturated heterocycles. The van der Waals surface area contributed by atoms with Crippen LogP contribution >= 0.6 is 22.7 Å². The minimum absolute atomic E-state index is 0.0549. The Labute approximate surface area is 361 Å². The highest BCUT2D eigenvalue weighted by atomic mass is 32.1. The summed E-state index contributed by atoms with van der Waals surface area (Å²) in [6.45, 7) is 8.26. The van der Waals surface area contributed by atoms with E-state index in [1.54, 1.807) is 46.9 Å². The van der Waals surface area contributed by atoms with Gasteiger partial charge >= 0.3 is 0 Å². The number of benzene rings is 2. The Morgan fingerprint density at radius 3 is 2.61 bits per heavy atom. The molecule has 4 N–H and O–H groups in total. The van der Waals surface area contributed by atoms with Gasteiger partial charge < -0.3 is 35.0 Å². The van der Waals surface area contributed by atoms with Crippen LogP contribution in [0.2, 0.25) is 0 Å². The first-order valence-electron chi connectivity index (χ1n) is 20.6. The van der Waals surface area contributed by atoms with Crippen LogP contribution in [0.1, 0.15) is 67.1 Å². The lowest BCUT2D eigenvalue weighted by Gasteiger charge is -2.30. The van der Waals surface area contributed by atoms with E-state index in [0.29, 0.717) is 23.4 Å². The number of nitrogens with one attached hydrogen (secondary N) is 2. The fourth-order valence-corrected chi connectivity index (χ4v) is 10.3. The van der Waals surface area contributed by atoms with Gasteiger partial charge in [-0.1, -0.05) is 50.2 Å². The Bertz CT molecular complexity index is 2530. The third kappa shape index (κ3) is 9.16. The minimum Gasteiger partial charge on any atom is -0.507 e. The third-order valence-electron chi connectivity index (χ3n) is 11.7. The molecule has 8 rings (SSSR count). The molecule has 14 nitrogen and oxygen atoms in total. The summed E-state index contributed by atoms with van der Waals surface area (Å²) >= 11 is 3.19. The van der Waals surface area contributed by atoms with Crippen LogP contribution < -0.4 is 15.4 Å². The fraction of sp³-hybridized carbons (Fsp3) is 0.400. The lowest BCUT2D eigenvalue weighted by Crippen LogP contribution is -2.49. The van der Waals surface area contributed by atoms with Crippen molar-refractivity contribution in [3.63, 3.8) is 0 Å². The molecule has 1 aliphatic heterocycles. The molecule has 1 fully saturated rings. The molecule has 0 saturated carbocycles. The SMILES string of the molecule is Cc1ncsc1-c1ccc([C@H](C)NC(=O)[C@@H]2C[C@@H](O)CN2C(=O)[C@@H](Cc2cc(OCCNC(=O)[C@@H]3CCc4sc5nnc(-c6ccccc6O)cc5c4C3)no2)C(C)C)cc1. The number of phenols is 1. The second kappa shape index (κ2) is 18.1. The molecule has 6 aromatic rings. The summed E-state index contributed by atoms with van der Waals surface area (Å²) in [5.74, 6) is -0.626. The maximum atomic E-state index is 14.1. The number of phenolic OH excluding ortho intramolecular Hbond substituents is 1. The highest BCUT2D eigenvalue weighted by molar-refractivity contribution is 7.18. The van der Waals surface area contributed by atoms with Crippen LogP contribution in [0, 0.1) is 24.7 Å². The Morgan fingerprint density at radius 1 is 1.05 bits per heavy atom. The van der Waals surface area contributed by atoms with E-state index in [1.807, 2.05) is 69.6 Å². The number of rotatable bonds is 14. The number of likely N-dealkylation sites (tertiary alicyclic amines) is 1. The largest absolute Gasteiger partial charge is 0.507 e. The fourth-order valence-electron chi connectivity index (χ4n) is 8.30. The number of aryl methyl sites for hydroxylation is 2. The number of aromatic hydroxyl groups is 1. The summed E-state index contributed by atoms with van der Waals surface area (Å²) in [6.07, 6.45) is 1.64. The van der Waals surface area contributed by atoms with Gasteiger partial charge in [0.1, 0.15) is 29.0 Å². The van der Waals surface area contributed by atoms with E-state index in [9.17, 15) is 24.6 Å². The number of fused-ring (bicyclic) bond motifs is 3. The normalized spacial score (nSPS) is 18.5. The first-order valence-corrected chi connectivity index (χ1v) is 22.3. The van der Waals surface area contributed by atoms with E-state index in [0.717, 1.165) is 50.3 Å². The molecule has 0 spiro atoms. The van der Waals surface area contributed by atoms with Gasteiger partial charge in [-0.15, -0.1) is 32.9 Å². The van der Waals surface area contributed by atoms with Crippen LogP contribution in [0.15, 0.2) is 70.7 Å². The Kier molecular flexibility index (Phi) is 12.5. The van der Waals surface area contributed by atoms with Crippen molar-refractivity contribution in [3.05, 3.63) is 93.6 Å². The van der Waals surface area contributed by atoms with Crippen LogP contribution in [-0.4, -0.2) is 85.0 Å². The van der Waals surface area contributed by atoms with Gasteiger partial charge in [0.15, 0.2) is 0 Å². The first-order chi connectivity index (χ1) is 29.4. The highest BCUT2D eigenvalue weighted by Crippen LogP contribution is 2.39. The maximum Gasteiger partial charge on any atom is 0.254 e. The van der Waals surface area contributed by atoms with Gasteiger partial charge in [0.2, 0.25) is 17.7 Å². The number of hydrogen-bond donors (Lipinski definition) is 4. The van der Waals surface area contributed by atoms with E-state index >= 15 is 0 Å². The molecule has 2 aliphatic rings. The van der Waals surface area contributed by atoms with Crippen LogP contribution in [-0.2, 0) is 33.6 Å². The number of aliphatic hydroxyl groups excluding tert-OH is 1. The van der Waals surface area contributed by atoms with E-state index in [4.69, 9.17) is 9.26 Å². The number of β-amino-alcohol motifs (C(OH)–C–C–N with tert-alkyl or cyclic N) is 1. The average molecular weight is 864 g/mol. The van der Waals surface area contributed by atoms with Crippen LogP contribution in [0.25, 0.3) is 31.9 Å². The van der Waals surface area contributed by atoms with Gasteiger partial charge in [0, 0.05) is 53.1 Å². The van der Waals surface area contributed by atoms with Crippen molar-refractivity contribution in [3.8, 4) is 33.3 Å². The molecule has 5 atom stereocenters. The molecular formula is C45H49N7O7S2. The molecule has 0 unspecified atom stereocenters. The zero-order valence-corrected chi connectivity index (χ0v) is 36.1. The summed E-state index contributed by atoms with van der Waals surface area (Å²) in [5.41, 5.74) is 7.09. The molecule has 5 heterocycles. The predicted octanol–water partition coefficient (Wildman–Crippen LogP) is 6.44. The standard InChI is InChI=1S/C45H49N7O7S2/c1-24(2)33(45(57)52-22-30(53)18-37(52)43(56)48-25(3)27-9-11-28(12-10-27)41-26(4)47-23-60-41)19-31-20-40(51-59-31)58-16-15-46-42(55)29-13-14-39-34(17-29)35-21-36(49-50-44(35)61-39)32-7-5-6-8-38(32)54/h5-12,20-21,23-25,29-30,33,37,53-54H,13-19,22H2,1-4H3,(H,46,55)(H,48,56)/t25-,29+,30+,33-,37-/m0/s1. The molecule has 0 radical (unpaired) electrons. The number of carbonyl (C=O) groups excluding carboxylic acids is 3. The second-order valence-corrected chi connectivity index (χ2v) is 18.2. The smallest absolute Gasteiger partial charge is 0.254 e. The van der Waals surface area contributed by atoms with Crippen LogP contribution in [0.5, 0.6) is 11.6 Å². The number of amides is 3. The second-order valence-electron chi connectivity index (χ2n) is 16.2. The number of thiazole rings is 1. The van der Waals surface area contributed by atoms with E-state index in [2.05, 4.69) is 31.0 Å². The highest BCUT2D eigenvalue weighted by Gasteiger charge is 2.42. The van der Waals surface area contributed by atoms with Crippen molar-refractivity contribution in [2.45, 2.75) is 78.0 Å². The molecule has 0 bridgehead atoms. The molecular weight excluding hydrogens is 815 g/mol. The Balaban J connectivity index is 0.825. The van der Waals surface area contributed by atoms with Crippen molar-refractivity contribution < 1.29 is 33.9 Å². The van der Waals surface area contributed by atoms with Crippen LogP contribution in [0.3, 0.4) is 0 Å². The van der Waals surface area contributed by atoms with Crippen molar-refractivity contribution in [1.82, 2.24) is 35.9 Å². The number of hydrogen-bond acceptors (Lipinski definition) is 13. The van der Waals surface area contributed by atoms with Crippen molar-refractivity contribution in [2.24, 2.45) is 17.8 Å². The number of thiophene rings is 1. The molecule has 16 heteroatoms. The number of para-hydroxylation sites is 1. The Morgan fingerprint density at radius 2 is 1.85 bits per heavy atom. The molecule has 4 aromatic heterocycles. The van der Waals surface area contributed by atoms with Gasteiger partial charge in [-0.2, -0.15) is 0 Å². The lowest BCUT2D eigenvalue weighted by molar-refractivity contribution is -0.143. The summed E-state index contributed by atoms with van der Waals surface area (Å²) in [7, 11) is 0. The molecule has 2 aromatic carbocycles. The minimum atomic E-state index is -0.819. The monoisotopic (exact) mass is 863 g/mol. The van der Waals surface area contributed by atoms with Crippen molar-refractivity contribution in [2.75, 3.05) is 19.7 Å². The maximum absolute atomic E-state index is 14.1. The van der Waals surface area contributed by atoms with Crippen LogP contribution in [0.4, 0.5) is 0 Å². The zero-order chi connectivity index (χ0) is 42.8. The summed E-state index contributed by atoms with van der Waals surface area (Å²) < 4.78 is 11.4. The van der Waals surface area contributed by atoms with E-state index in [-0.39, 0.29) is 79.8 Å². The topological polar surface area (TPSA) is 193 Å². The molecule has 3 amide bonds. The summed E-state index contributed by atoms with van der Waals surface area (Å²) in [6, 6.07) is 17.5. The third-order valence-corrected chi connectivity index (χ3v) is 13.9. The first kappa shape index (κ1) is 42.0. The summed E-state index contributed by atoms with van der Waals surface area (Å²) in [4.78, 5) is 50.0. The van der Waals surface area contributed by atoms with Gasteiger partial charge in [-0.05, 0) is 79.1 Å². The molecule has 61 heavy (non-hydrogen) atoms. The van der Waals surface area contributed by atoms with Gasteiger partial charge in [0.25, 0.3) is 5.88 Å². The number of ether oxygens (including phenoxy) is 1. The Hall–Kier alpha value is -5.71. The van der Waals surface area contributed by atoms with Crippen molar-refractivity contribution >= 4 is 50.6 Å². The number of carbonyl (C=O) groups is 3. The number of aliphatic hydroxyl groups is 1.